The predicted molar refractivity (Wildman–Crippen MR) is 300 cm³/mol. The standard InChI is InChI=1S/C60H115N2O6P/c1-6-8-10-12-14-16-18-20-22-24-26-28-30-32-33-35-37-39-41-43-45-47-49-51-53-59(63)58(57-68-69(65,66)67-56-55-62(3,4)5)61-60(64)54-52-50-48-46-44-42-40-38-36-34-31-29-27-25-23-21-19-17-15-13-11-9-7-2/h27,29,34,36,43,45,51,53,58-59,63H,6-26,28,30-33,35,37-42,44,46-50,52,54-57H2,1-5H3,(H-,61,64,65,66)/p+1/b29-27-,36-34-,45-43+,53-51+. The van der Waals surface area contributed by atoms with Crippen molar-refractivity contribution < 1.29 is 32.9 Å². The second kappa shape index (κ2) is 51.4. The van der Waals surface area contributed by atoms with Crippen LogP contribution in [-0.2, 0) is 18.4 Å². The molecule has 0 saturated carbocycles. The number of likely N-dealkylation sites (N-methyl/N-ethyl adjacent to an activating group) is 1. The minimum absolute atomic E-state index is 0.0538. The summed E-state index contributed by atoms with van der Waals surface area (Å²) in [6.45, 7) is 4.82. The van der Waals surface area contributed by atoms with Crippen LogP contribution in [0.15, 0.2) is 48.6 Å². The first kappa shape index (κ1) is 67.5. The molecular weight excluding hydrogens is 876 g/mol. The largest absolute Gasteiger partial charge is 0.472 e. The first-order valence-electron chi connectivity index (χ1n) is 29.5. The average molecular weight is 993 g/mol. The molecular formula is C60H116N2O6P+. The average Bonchev–Trinajstić information content (AvgIpc) is 3.31. The van der Waals surface area contributed by atoms with E-state index >= 15 is 0 Å². The van der Waals surface area contributed by atoms with Crippen LogP contribution in [0.3, 0.4) is 0 Å². The highest BCUT2D eigenvalue weighted by Crippen LogP contribution is 2.43. The number of unbranched alkanes of at least 4 members (excludes halogenated alkanes) is 35. The van der Waals surface area contributed by atoms with Gasteiger partial charge in [0.2, 0.25) is 5.91 Å². The van der Waals surface area contributed by atoms with Crippen LogP contribution in [0.5, 0.6) is 0 Å². The van der Waals surface area contributed by atoms with E-state index in [2.05, 4.69) is 55.6 Å². The van der Waals surface area contributed by atoms with Gasteiger partial charge in [-0.25, -0.2) is 4.57 Å². The molecule has 0 radical (unpaired) electrons. The minimum atomic E-state index is -4.36. The summed E-state index contributed by atoms with van der Waals surface area (Å²) in [7, 11) is 1.55. The lowest BCUT2D eigenvalue weighted by atomic mass is 10.0. The lowest BCUT2D eigenvalue weighted by Gasteiger charge is -2.25. The van der Waals surface area contributed by atoms with Crippen LogP contribution in [0.25, 0.3) is 0 Å². The second-order valence-electron chi connectivity index (χ2n) is 21.4. The van der Waals surface area contributed by atoms with Crippen molar-refractivity contribution in [3.63, 3.8) is 0 Å². The van der Waals surface area contributed by atoms with E-state index in [0.29, 0.717) is 17.4 Å². The van der Waals surface area contributed by atoms with Gasteiger partial charge in [0.25, 0.3) is 0 Å². The Morgan fingerprint density at radius 2 is 0.841 bits per heavy atom. The van der Waals surface area contributed by atoms with E-state index in [1.165, 1.54) is 205 Å². The van der Waals surface area contributed by atoms with Gasteiger partial charge < -0.3 is 19.8 Å². The maximum Gasteiger partial charge on any atom is 0.472 e. The number of nitrogens with one attached hydrogen (secondary N) is 1. The molecule has 0 aliphatic heterocycles. The zero-order valence-electron chi connectivity index (χ0n) is 46.3. The molecule has 0 aliphatic rings. The van der Waals surface area contributed by atoms with Gasteiger partial charge in [-0.15, -0.1) is 0 Å². The number of carbonyl (C=O) groups excluding carboxylic acids is 1. The number of rotatable bonds is 54. The van der Waals surface area contributed by atoms with Crippen molar-refractivity contribution in [3.05, 3.63) is 48.6 Å². The number of amides is 1. The molecule has 0 aromatic carbocycles. The molecule has 0 saturated heterocycles. The summed E-state index contributed by atoms with van der Waals surface area (Å²) in [5.41, 5.74) is 0. The van der Waals surface area contributed by atoms with E-state index in [-0.39, 0.29) is 19.1 Å². The van der Waals surface area contributed by atoms with Crippen molar-refractivity contribution in [2.45, 2.75) is 289 Å². The van der Waals surface area contributed by atoms with Crippen molar-refractivity contribution in [1.82, 2.24) is 5.32 Å². The Balaban J connectivity index is 4.27. The number of carbonyl (C=O) groups is 1. The van der Waals surface area contributed by atoms with E-state index in [1.54, 1.807) is 6.08 Å². The molecule has 0 bridgehead atoms. The van der Waals surface area contributed by atoms with Crippen molar-refractivity contribution in [1.29, 1.82) is 0 Å². The van der Waals surface area contributed by atoms with Gasteiger partial charge in [0, 0.05) is 6.42 Å². The number of hydrogen-bond acceptors (Lipinski definition) is 5. The summed E-state index contributed by atoms with van der Waals surface area (Å²) < 4.78 is 23.7. The highest BCUT2D eigenvalue weighted by atomic mass is 31.2. The molecule has 0 aromatic heterocycles. The molecule has 3 N–H and O–H groups in total. The number of aliphatic hydroxyl groups excluding tert-OH is 1. The number of phosphoric acid groups is 1. The second-order valence-corrected chi connectivity index (χ2v) is 22.8. The van der Waals surface area contributed by atoms with Crippen molar-refractivity contribution in [3.8, 4) is 0 Å². The fourth-order valence-electron chi connectivity index (χ4n) is 8.62. The third kappa shape index (κ3) is 54.1. The zero-order chi connectivity index (χ0) is 50.6. The number of hydrogen-bond donors (Lipinski definition) is 3. The molecule has 69 heavy (non-hydrogen) atoms. The summed E-state index contributed by atoms with van der Waals surface area (Å²) in [4.78, 5) is 23.3. The van der Waals surface area contributed by atoms with Gasteiger partial charge in [0.15, 0.2) is 0 Å². The Kier molecular flexibility index (Phi) is 50.2. The number of nitrogens with zero attached hydrogens (tertiary/aromatic N) is 1. The number of phosphoric ester groups is 1. The maximum absolute atomic E-state index is 13.0. The predicted octanol–water partition coefficient (Wildman–Crippen LogP) is 17.9. The Labute approximate surface area is 429 Å². The Bertz CT molecular complexity index is 1260. The lowest BCUT2D eigenvalue weighted by molar-refractivity contribution is -0.870. The molecule has 9 heteroatoms. The SMILES string of the molecule is CCCCCCCCCCC/C=C\C/C=C\CCCCCCCCCC(=O)NC(COP(=O)(O)OCC[N+](C)(C)C)C(O)/C=C/CC/C=C/CCCCCCCCCCCCCCCCCCCC. The maximum atomic E-state index is 13.0. The Morgan fingerprint density at radius 3 is 1.25 bits per heavy atom. The van der Waals surface area contributed by atoms with E-state index in [0.717, 1.165) is 51.4 Å². The number of quaternary nitrogens is 1. The molecule has 0 fully saturated rings. The quantitative estimate of drug-likeness (QED) is 0.0243. The highest BCUT2D eigenvalue weighted by molar-refractivity contribution is 7.47. The van der Waals surface area contributed by atoms with Gasteiger partial charge in [0.05, 0.1) is 39.9 Å². The Morgan fingerprint density at radius 1 is 0.493 bits per heavy atom. The topological polar surface area (TPSA) is 105 Å². The first-order chi connectivity index (χ1) is 33.5. The van der Waals surface area contributed by atoms with E-state index in [9.17, 15) is 19.4 Å². The smallest absolute Gasteiger partial charge is 0.387 e. The van der Waals surface area contributed by atoms with E-state index in [4.69, 9.17) is 9.05 Å². The normalized spacial score (nSPS) is 14.2. The third-order valence-electron chi connectivity index (χ3n) is 13.3. The number of aliphatic hydroxyl groups is 1. The molecule has 0 aliphatic carbocycles. The van der Waals surface area contributed by atoms with Gasteiger partial charge >= 0.3 is 7.82 Å². The summed E-state index contributed by atoms with van der Waals surface area (Å²) in [5, 5.41) is 13.9. The molecule has 1 amide bonds. The fraction of sp³-hybridized carbons (Fsp3) is 0.850. The third-order valence-corrected chi connectivity index (χ3v) is 14.3. The lowest BCUT2D eigenvalue weighted by Crippen LogP contribution is -2.45. The van der Waals surface area contributed by atoms with E-state index < -0.39 is 20.0 Å². The molecule has 3 atom stereocenters. The molecule has 0 rings (SSSR count). The van der Waals surface area contributed by atoms with Crippen LogP contribution in [0.1, 0.15) is 277 Å². The molecule has 0 heterocycles. The van der Waals surface area contributed by atoms with Gasteiger partial charge in [-0.1, -0.05) is 255 Å². The highest BCUT2D eigenvalue weighted by Gasteiger charge is 2.27. The minimum Gasteiger partial charge on any atom is -0.387 e. The van der Waals surface area contributed by atoms with Crippen molar-refractivity contribution >= 4 is 13.7 Å². The van der Waals surface area contributed by atoms with Gasteiger partial charge in [-0.05, 0) is 64.2 Å². The van der Waals surface area contributed by atoms with Crippen LogP contribution in [0.2, 0.25) is 0 Å². The summed E-state index contributed by atoms with van der Waals surface area (Å²) in [6, 6.07) is -0.870. The van der Waals surface area contributed by atoms with Crippen molar-refractivity contribution in [2.75, 3.05) is 40.9 Å². The molecule has 3 unspecified atom stereocenters. The van der Waals surface area contributed by atoms with Crippen LogP contribution >= 0.6 is 7.82 Å². The molecule has 406 valence electrons. The van der Waals surface area contributed by atoms with Gasteiger partial charge in [-0.3, -0.25) is 13.8 Å². The first-order valence-corrected chi connectivity index (χ1v) is 31.0. The molecule has 0 spiro atoms. The van der Waals surface area contributed by atoms with Crippen molar-refractivity contribution in [2.24, 2.45) is 0 Å². The monoisotopic (exact) mass is 992 g/mol. The zero-order valence-corrected chi connectivity index (χ0v) is 47.2. The van der Waals surface area contributed by atoms with Crippen LogP contribution in [0, 0.1) is 0 Å². The Hall–Kier alpha value is -1.54. The van der Waals surface area contributed by atoms with Crippen LogP contribution in [0.4, 0.5) is 0 Å². The fourth-order valence-corrected chi connectivity index (χ4v) is 9.36. The van der Waals surface area contributed by atoms with E-state index in [1.807, 2.05) is 27.2 Å². The summed E-state index contributed by atoms with van der Waals surface area (Å²) in [6.07, 6.45) is 67.9. The van der Waals surface area contributed by atoms with Crippen LogP contribution in [-0.4, -0.2) is 73.4 Å². The van der Waals surface area contributed by atoms with Gasteiger partial charge in [0.1, 0.15) is 13.2 Å². The number of allylic oxidation sites excluding steroid dienone is 7. The molecule has 0 aromatic rings. The summed E-state index contributed by atoms with van der Waals surface area (Å²) >= 11 is 0. The summed E-state index contributed by atoms with van der Waals surface area (Å²) in [5.74, 6) is -0.192. The molecule has 8 nitrogen and oxygen atoms in total. The van der Waals surface area contributed by atoms with Gasteiger partial charge in [-0.2, -0.15) is 0 Å². The van der Waals surface area contributed by atoms with Crippen LogP contribution < -0.4 is 5.32 Å².